The average Bonchev–Trinajstić information content (AvgIpc) is 3.39. The molecule has 2 aromatic carbocycles. The molecule has 0 amide bonds. The largest absolute Gasteiger partial charge is 0.383 e. The molecule has 0 aliphatic carbocycles. The molecule has 0 bridgehead atoms. The summed E-state index contributed by atoms with van der Waals surface area (Å²) in [5.41, 5.74) is 11.6. The third-order valence-corrected chi connectivity index (χ3v) is 5.57. The van der Waals surface area contributed by atoms with Crippen molar-refractivity contribution in [2.24, 2.45) is 0 Å². The Kier molecular flexibility index (Phi) is 5.53. The molecule has 0 saturated carbocycles. The van der Waals surface area contributed by atoms with Crippen molar-refractivity contribution >= 4 is 22.7 Å². The van der Waals surface area contributed by atoms with Crippen LogP contribution in [0.25, 0.3) is 22.4 Å². The van der Waals surface area contributed by atoms with Gasteiger partial charge in [0, 0.05) is 25.5 Å². The summed E-state index contributed by atoms with van der Waals surface area (Å²) >= 11 is 0. The predicted octanol–water partition coefficient (Wildman–Crippen LogP) is 4.65. The SMILES string of the molecule is Nc1[nH]nc(NCc2ccccc2)c1-c1nc2ccccc2n1CCCc1ccncc1. The van der Waals surface area contributed by atoms with Gasteiger partial charge in [-0.05, 0) is 48.2 Å². The highest BCUT2D eigenvalue weighted by molar-refractivity contribution is 5.87. The van der Waals surface area contributed by atoms with Crippen LogP contribution in [0.5, 0.6) is 0 Å². The number of nitrogens with zero attached hydrogens (tertiary/aromatic N) is 4. The second-order valence-corrected chi connectivity index (χ2v) is 7.73. The maximum Gasteiger partial charge on any atom is 0.161 e. The average molecular weight is 424 g/mol. The molecule has 0 atom stereocenters. The van der Waals surface area contributed by atoms with Gasteiger partial charge in [0.05, 0.1) is 11.0 Å². The topological polar surface area (TPSA) is 97.4 Å². The maximum absolute atomic E-state index is 6.33. The standard InChI is InChI=1S/C25H25N7/c26-23-22(24(31-30-23)28-17-19-7-2-1-3-8-19)25-29-20-10-4-5-11-21(20)32(25)16-6-9-18-12-14-27-15-13-18/h1-5,7-8,10-15H,6,9,16-17H2,(H4,26,28,30,31). The summed E-state index contributed by atoms with van der Waals surface area (Å²) in [5.74, 6) is 2.03. The number of hydrogen-bond donors (Lipinski definition) is 3. The Bertz CT molecular complexity index is 1310. The molecule has 4 N–H and O–H groups in total. The van der Waals surface area contributed by atoms with Gasteiger partial charge in [0.15, 0.2) is 5.82 Å². The summed E-state index contributed by atoms with van der Waals surface area (Å²) in [6.07, 6.45) is 5.62. The van der Waals surface area contributed by atoms with Gasteiger partial charge in [0.1, 0.15) is 17.2 Å². The lowest BCUT2D eigenvalue weighted by atomic mass is 10.1. The van der Waals surface area contributed by atoms with Crippen molar-refractivity contribution in [3.63, 3.8) is 0 Å². The van der Waals surface area contributed by atoms with Gasteiger partial charge in [0.25, 0.3) is 0 Å². The number of aromatic amines is 1. The monoisotopic (exact) mass is 423 g/mol. The van der Waals surface area contributed by atoms with Gasteiger partial charge in [-0.25, -0.2) is 4.98 Å². The highest BCUT2D eigenvalue weighted by Gasteiger charge is 2.21. The van der Waals surface area contributed by atoms with Crippen LogP contribution in [0, 0.1) is 0 Å². The van der Waals surface area contributed by atoms with E-state index < -0.39 is 0 Å². The number of imidazole rings is 1. The Labute approximate surface area is 186 Å². The molecule has 7 heteroatoms. The van der Waals surface area contributed by atoms with Crippen LogP contribution in [-0.4, -0.2) is 24.7 Å². The number of nitrogen functional groups attached to an aromatic ring is 1. The van der Waals surface area contributed by atoms with Gasteiger partial charge in [-0.1, -0.05) is 42.5 Å². The van der Waals surface area contributed by atoms with Gasteiger partial charge in [-0.2, -0.15) is 5.10 Å². The molecule has 0 spiro atoms. The van der Waals surface area contributed by atoms with Crippen molar-refractivity contribution < 1.29 is 0 Å². The smallest absolute Gasteiger partial charge is 0.161 e. The summed E-state index contributed by atoms with van der Waals surface area (Å²) < 4.78 is 2.24. The van der Waals surface area contributed by atoms with Crippen LogP contribution >= 0.6 is 0 Å². The van der Waals surface area contributed by atoms with E-state index in [1.807, 2.05) is 48.8 Å². The summed E-state index contributed by atoms with van der Waals surface area (Å²) in [6.45, 7) is 1.47. The van der Waals surface area contributed by atoms with Gasteiger partial charge in [-0.15, -0.1) is 0 Å². The first-order chi connectivity index (χ1) is 15.8. The Balaban J connectivity index is 1.46. The number of fused-ring (bicyclic) bond motifs is 1. The first kappa shape index (κ1) is 19.8. The van der Waals surface area contributed by atoms with E-state index >= 15 is 0 Å². The van der Waals surface area contributed by atoms with Crippen LogP contribution in [0.4, 0.5) is 11.6 Å². The molecule has 0 aliphatic heterocycles. The number of benzene rings is 2. The highest BCUT2D eigenvalue weighted by Crippen LogP contribution is 2.34. The zero-order valence-corrected chi connectivity index (χ0v) is 17.7. The fourth-order valence-corrected chi connectivity index (χ4v) is 3.97. The summed E-state index contributed by atoms with van der Waals surface area (Å²) in [4.78, 5) is 9.03. The lowest BCUT2D eigenvalue weighted by Crippen LogP contribution is -2.06. The molecule has 160 valence electrons. The number of rotatable bonds is 8. The lowest BCUT2D eigenvalue weighted by molar-refractivity contribution is 0.662. The Morgan fingerprint density at radius 2 is 1.69 bits per heavy atom. The Hall–Kier alpha value is -4.13. The van der Waals surface area contributed by atoms with Crippen molar-refractivity contribution in [3.05, 3.63) is 90.3 Å². The third-order valence-electron chi connectivity index (χ3n) is 5.57. The summed E-state index contributed by atoms with van der Waals surface area (Å²) in [5, 5.41) is 10.8. The van der Waals surface area contributed by atoms with Crippen molar-refractivity contribution in [1.82, 2.24) is 24.7 Å². The molecule has 0 saturated heterocycles. The van der Waals surface area contributed by atoms with Gasteiger partial charge >= 0.3 is 0 Å². The van der Waals surface area contributed by atoms with E-state index in [4.69, 9.17) is 10.7 Å². The number of H-pyrrole nitrogens is 1. The van der Waals surface area contributed by atoms with E-state index in [1.54, 1.807) is 0 Å². The molecule has 0 fully saturated rings. The van der Waals surface area contributed by atoms with Crippen molar-refractivity contribution in [1.29, 1.82) is 0 Å². The summed E-state index contributed by atoms with van der Waals surface area (Å²) in [6, 6.07) is 22.5. The molecule has 0 aliphatic rings. The maximum atomic E-state index is 6.33. The van der Waals surface area contributed by atoms with E-state index in [1.165, 1.54) is 11.1 Å². The number of para-hydroxylation sites is 2. The van der Waals surface area contributed by atoms with E-state index in [2.05, 4.69) is 55.4 Å². The van der Waals surface area contributed by atoms with Crippen LogP contribution in [-0.2, 0) is 19.5 Å². The molecule has 3 aromatic heterocycles. The molecule has 0 radical (unpaired) electrons. The zero-order chi connectivity index (χ0) is 21.8. The first-order valence-corrected chi connectivity index (χ1v) is 10.8. The fourth-order valence-electron chi connectivity index (χ4n) is 3.97. The normalized spacial score (nSPS) is 11.1. The number of anilines is 2. The van der Waals surface area contributed by atoms with E-state index in [-0.39, 0.29) is 0 Å². The molecular formula is C25H25N7. The quantitative estimate of drug-likeness (QED) is 0.338. The van der Waals surface area contributed by atoms with Crippen LogP contribution in [0.1, 0.15) is 17.5 Å². The number of pyridine rings is 1. The van der Waals surface area contributed by atoms with E-state index in [0.29, 0.717) is 18.2 Å². The molecule has 5 rings (SSSR count). The van der Waals surface area contributed by atoms with Crippen molar-refractivity contribution in [3.8, 4) is 11.4 Å². The second kappa shape index (κ2) is 8.93. The third kappa shape index (κ3) is 4.05. The van der Waals surface area contributed by atoms with Crippen LogP contribution in [0.15, 0.2) is 79.1 Å². The number of nitrogens with one attached hydrogen (secondary N) is 2. The van der Waals surface area contributed by atoms with Crippen LogP contribution in [0.2, 0.25) is 0 Å². The van der Waals surface area contributed by atoms with Gasteiger partial charge < -0.3 is 15.6 Å². The fraction of sp³-hybridized carbons (Fsp3) is 0.160. The lowest BCUT2D eigenvalue weighted by Gasteiger charge is -2.11. The molecule has 3 heterocycles. The Morgan fingerprint density at radius 3 is 2.53 bits per heavy atom. The van der Waals surface area contributed by atoms with Gasteiger partial charge in [-0.3, -0.25) is 10.1 Å². The minimum absolute atomic E-state index is 0.506. The van der Waals surface area contributed by atoms with Crippen molar-refractivity contribution in [2.45, 2.75) is 25.9 Å². The van der Waals surface area contributed by atoms with Crippen molar-refractivity contribution in [2.75, 3.05) is 11.1 Å². The van der Waals surface area contributed by atoms with E-state index in [9.17, 15) is 0 Å². The zero-order valence-electron chi connectivity index (χ0n) is 17.7. The Morgan fingerprint density at radius 1 is 0.906 bits per heavy atom. The number of nitrogens with two attached hydrogens (primary N) is 1. The van der Waals surface area contributed by atoms with Gasteiger partial charge in [0.2, 0.25) is 0 Å². The first-order valence-electron chi connectivity index (χ1n) is 10.8. The molecule has 32 heavy (non-hydrogen) atoms. The number of hydrogen-bond acceptors (Lipinski definition) is 5. The highest BCUT2D eigenvalue weighted by atomic mass is 15.2. The molecule has 0 unspecified atom stereocenters. The molecular weight excluding hydrogens is 398 g/mol. The van der Waals surface area contributed by atoms with Crippen LogP contribution in [0.3, 0.4) is 0 Å². The minimum atomic E-state index is 0.506. The van der Waals surface area contributed by atoms with Crippen LogP contribution < -0.4 is 11.1 Å². The number of aryl methyl sites for hydroxylation is 2. The minimum Gasteiger partial charge on any atom is -0.383 e. The number of aromatic nitrogens is 5. The second-order valence-electron chi connectivity index (χ2n) is 7.73. The van der Waals surface area contributed by atoms with E-state index in [0.717, 1.165) is 41.8 Å². The predicted molar refractivity (Wildman–Crippen MR) is 128 cm³/mol. The molecule has 7 nitrogen and oxygen atoms in total. The summed E-state index contributed by atoms with van der Waals surface area (Å²) in [7, 11) is 0. The molecule has 5 aromatic rings.